The molecule has 4 heteroatoms. The van der Waals surface area contributed by atoms with Crippen molar-refractivity contribution in [3.63, 3.8) is 0 Å². The van der Waals surface area contributed by atoms with Crippen LogP contribution in [0.25, 0.3) is 0 Å². The molecule has 0 radical (unpaired) electrons. The van der Waals surface area contributed by atoms with Crippen LogP contribution in [0.3, 0.4) is 0 Å². The third kappa shape index (κ3) is 3.63. The van der Waals surface area contributed by atoms with Gasteiger partial charge in [-0.25, -0.2) is 4.79 Å². The molecule has 19 heavy (non-hydrogen) atoms. The van der Waals surface area contributed by atoms with Gasteiger partial charge in [-0.2, -0.15) is 0 Å². The van der Waals surface area contributed by atoms with Gasteiger partial charge in [-0.15, -0.1) is 0 Å². The zero-order chi connectivity index (χ0) is 14.6. The summed E-state index contributed by atoms with van der Waals surface area (Å²) in [5.74, 6) is 0.847. The standard InChI is InChI=1S/C15H23NO3/c1-10-7-12(13(18-5)8-11(10)2)15(3,4)9-16-14(17)19-6/h7-8H,9H2,1-6H3,(H,16,17). The minimum Gasteiger partial charge on any atom is -0.496 e. The summed E-state index contributed by atoms with van der Waals surface area (Å²) in [5, 5.41) is 2.74. The van der Waals surface area contributed by atoms with Gasteiger partial charge in [-0.1, -0.05) is 19.9 Å². The maximum Gasteiger partial charge on any atom is 0.406 e. The second kappa shape index (κ2) is 5.95. The molecular formula is C15H23NO3. The molecule has 0 fully saturated rings. The number of rotatable bonds is 4. The number of methoxy groups -OCH3 is 2. The van der Waals surface area contributed by atoms with Crippen LogP contribution in [-0.4, -0.2) is 26.9 Å². The van der Waals surface area contributed by atoms with Gasteiger partial charge < -0.3 is 14.8 Å². The van der Waals surface area contributed by atoms with Crippen LogP contribution in [-0.2, 0) is 10.2 Å². The van der Waals surface area contributed by atoms with Crippen LogP contribution in [0.1, 0.15) is 30.5 Å². The number of carbonyl (C=O) groups excluding carboxylic acids is 1. The first-order valence-corrected chi connectivity index (χ1v) is 6.29. The van der Waals surface area contributed by atoms with Crippen molar-refractivity contribution >= 4 is 6.09 Å². The summed E-state index contributed by atoms with van der Waals surface area (Å²) in [6.45, 7) is 8.74. The average Bonchev–Trinajstić information content (AvgIpc) is 2.38. The second-order valence-electron chi connectivity index (χ2n) is 5.37. The first-order chi connectivity index (χ1) is 8.81. The highest BCUT2D eigenvalue weighted by Gasteiger charge is 2.26. The van der Waals surface area contributed by atoms with Crippen LogP contribution < -0.4 is 10.1 Å². The molecule has 0 heterocycles. The zero-order valence-electron chi connectivity index (χ0n) is 12.6. The Morgan fingerprint density at radius 3 is 2.32 bits per heavy atom. The molecule has 1 amide bonds. The van der Waals surface area contributed by atoms with Crippen molar-refractivity contribution < 1.29 is 14.3 Å². The van der Waals surface area contributed by atoms with E-state index in [2.05, 4.69) is 43.8 Å². The third-order valence-corrected chi connectivity index (χ3v) is 3.41. The Labute approximate surface area is 115 Å². The predicted molar refractivity (Wildman–Crippen MR) is 75.9 cm³/mol. The lowest BCUT2D eigenvalue weighted by atomic mass is 9.82. The number of carbonyl (C=O) groups is 1. The van der Waals surface area contributed by atoms with Crippen LogP contribution in [0.4, 0.5) is 4.79 Å². The molecular weight excluding hydrogens is 242 g/mol. The van der Waals surface area contributed by atoms with E-state index in [1.54, 1.807) is 7.11 Å². The number of amides is 1. The molecule has 0 aromatic heterocycles. The van der Waals surface area contributed by atoms with E-state index >= 15 is 0 Å². The van der Waals surface area contributed by atoms with Crippen molar-refractivity contribution in [3.8, 4) is 5.75 Å². The minimum absolute atomic E-state index is 0.238. The monoisotopic (exact) mass is 265 g/mol. The van der Waals surface area contributed by atoms with Crippen LogP contribution in [0.15, 0.2) is 12.1 Å². The molecule has 1 aromatic carbocycles. The first kappa shape index (κ1) is 15.3. The van der Waals surface area contributed by atoms with Gasteiger partial charge in [0.15, 0.2) is 0 Å². The summed E-state index contributed by atoms with van der Waals surface area (Å²) in [4.78, 5) is 11.2. The number of aryl methyl sites for hydroxylation is 2. The van der Waals surface area contributed by atoms with Crippen molar-refractivity contribution in [2.75, 3.05) is 20.8 Å². The zero-order valence-corrected chi connectivity index (χ0v) is 12.6. The van der Waals surface area contributed by atoms with Crippen molar-refractivity contribution in [3.05, 3.63) is 28.8 Å². The fourth-order valence-electron chi connectivity index (χ4n) is 1.95. The van der Waals surface area contributed by atoms with E-state index in [0.717, 1.165) is 11.3 Å². The number of hydrogen-bond acceptors (Lipinski definition) is 3. The molecule has 1 N–H and O–H groups in total. The number of benzene rings is 1. The van der Waals surface area contributed by atoms with E-state index in [4.69, 9.17) is 4.74 Å². The van der Waals surface area contributed by atoms with Gasteiger partial charge in [0, 0.05) is 17.5 Å². The summed E-state index contributed by atoms with van der Waals surface area (Å²) in [6.07, 6.45) is -0.420. The Balaban J connectivity index is 3.05. The van der Waals surface area contributed by atoms with Gasteiger partial charge in [-0.3, -0.25) is 0 Å². The van der Waals surface area contributed by atoms with Crippen LogP contribution in [0.2, 0.25) is 0 Å². The van der Waals surface area contributed by atoms with E-state index in [1.165, 1.54) is 18.2 Å². The fraction of sp³-hybridized carbons (Fsp3) is 0.533. The third-order valence-electron chi connectivity index (χ3n) is 3.41. The molecule has 0 unspecified atom stereocenters. The van der Waals surface area contributed by atoms with Crippen molar-refractivity contribution in [1.29, 1.82) is 0 Å². The molecule has 1 aromatic rings. The summed E-state index contributed by atoms with van der Waals surface area (Å²) in [7, 11) is 3.02. The molecule has 0 saturated carbocycles. The first-order valence-electron chi connectivity index (χ1n) is 6.29. The summed E-state index contributed by atoms with van der Waals surface area (Å²) in [5.41, 5.74) is 3.24. The van der Waals surface area contributed by atoms with E-state index in [0.29, 0.717) is 6.54 Å². The van der Waals surface area contributed by atoms with Crippen LogP contribution in [0.5, 0.6) is 5.75 Å². The topological polar surface area (TPSA) is 47.6 Å². The quantitative estimate of drug-likeness (QED) is 0.910. The van der Waals surface area contributed by atoms with E-state index in [9.17, 15) is 4.79 Å². The van der Waals surface area contributed by atoms with Crippen molar-refractivity contribution in [1.82, 2.24) is 5.32 Å². The highest BCUT2D eigenvalue weighted by Crippen LogP contribution is 2.33. The molecule has 0 saturated heterocycles. The van der Waals surface area contributed by atoms with Crippen molar-refractivity contribution in [2.24, 2.45) is 0 Å². The van der Waals surface area contributed by atoms with Gasteiger partial charge >= 0.3 is 6.09 Å². The van der Waals surface area contributed by atoms with Gasteiger partial charge in [0.2, 0.25) is 0 Å². The van der Waals surface area contributed by atoms with E-state index < -0.39 is 6.09 Å². The normalized spacial score (nSPS) is 11.1. The molecule has 4 nitrogen and oxygen atoms in total. The van der Waals surface area contributed by atoms with Crippen LogP contribution >= 0.6 is 0 Å². The highest BCUT2D eigenvalue weighted by molar-refractivity contribution is 5.67. The molecule has 106 valence electrons. The summed E-state index contributed by atoms with van der Waals surface area (Å²) in [6, 6.07) is 4.15. The Morgan fingerprint density at radius 1 is 1.21 bits per heavy atom. The van der Waals surface area contributed by atoms with Gasteiger partial charge in [-0.05, 0) is 31.0 Å². The van der Waals surface area contributed by atoms with Crippen LogP contribution in [0, 0.1) is 13.8 Å². The minimum atomic E-state index is -0.420. The lowest BCUT2D eigenvalue weighted by molar-refractivity contribution is 0.168. The second-order valence-corrected chi connectivity index (χ2v) is 5.37. The number of hydrogen-bond donors (Lipinski definition) is 1. The molecule has 0 bridgehead atoms. The largest absolute Gasteiger partial charge is 0.496 e. The predicted octanol–water partition coefficient (Wildman–Crippen LogP) is 2.95. The fourth-order valence-corrected chi connectivity index (χ4v) is 1.95. The average molecular weight is 265 g/mol. The van der Waals surface area contributed by atoms with Gasteiger partial charge in [0.1, 0.15) is 5.75 Å². The smallest absolute Gasteiger partial charge is 0.406 e. The molecule has 0 spiro atoms. The Hall–Kier alpha value is -1.71. The molecule has 0 atom stereocenters. The van der Waals surface area contributed by atoms with Crippen molar-refractivity contribution in [2.45, 2.75) is 33.1 Å². The molecule has 0 aliphatic heterocycles. The molecule has 0 aliphatic rings. The molecule has 1 rings (SSSR count). The lowest BCUT2D eigenvalue weighted by Crippen LogP contribution is -2.36. The maximum absolute atomic E-state index is 11.2. The maximum atomic E-state index is 11.2. The molecule has 0 aliphatic carbocycles. The van der Waals surface area contributed by atoms with Gasteiger partial charge in [0.05, 0.1) is 14.2 Å². The lowest BCUT2D eigenvalue weighted by Gasteiger charge is -2.28. The SMILES string of the molecule is COC(=O)NCC(C)(C)c1cc(C)c(C)cc1OC. The highest BCUT2D eigenvalue weighted by atomic mass is 16.5. The number of nitrogens with one attached hydrogen (secondary N) is 1. The Kier molecular flexibility index (Phi) is 4.81. The Bertz CT molecular complexity index is 467. The summed E-state index contributed by atoms with van der Waals surface area (Å²) < 4.78 is 10.1. The summed E-state index contributed by atoms with van der Waals surface area (Å²) >= 11 is 0. The van der Waals surface area contributed by atoms with E-state index in [1.807, 2.05) is 6.07 Å². The number of ether oxygens (including phenoxy) is 2. The van der Waals surface area contributed by atoms with E-state index in [-0.39, 0.29) is 5.41 Å². The Morgan fingerprint density at radius 2 is 1.79 bits per heavy atom. The van der Waals surface area contributed by atoms with Gasteiger partial charge in [0.25, 0.3) is 0 Å². The number of alkyl carbamates (subject to hydrolysis) is 1.